The molecule has 2 fully saturated rings. The zero-order valence-corrected chi connectivity index (χ0v) is 17.3. The van der Waals surface area contributed by atoms with E-state index in [1.165, 1.54) is 12.3 Å². The van der Waals surface area contributed by atoms with Crippen molar-refractivity contribution in [1.29, 1.82) is 0 Å². The van der Waals surface area contributed by atoms with Crippen LogP contribution in [0.15, 0.2) is 36.5 Å². The summed E-state index contributed by atoms with van der Waals surface area (Å²) in [6, 6.07) is 7.77. The molecule has 1 aromatic heterocycles. The lowest BCUT2D eigenvalue weighted by molar-refractivity contribution is 0.0180. The van der Waals surface area contributed by atoms with Gasteiger partial charge in [0.05, 0.1) is 29.2 Å². The highest BCUT2D eigenvalue weighted by molar-refractivity contribution is 7.90. The average molecular weight is 441 g/mol. The first kappa shape index (κ1) is 20.5. The Balaban J connectivity index is 1.41. The molecule has 1 saturated heterocycles. The Morgan fingerprint density at radius 2 is 2.07 bits per heavy atom. The van der Waals surface area contributed by atoms with E-state index in [0.29, 0.717) is 48.8 Å². The third-order valence-electron chi connectivity index (χ3n) is 5.16. The van der Waals surface area contributed by atoms with Crippen molar-refractivity contribution in [3.63, 3.8) is 0 Å². The molecule has 6 nitrogen and oxygen atoms in total. The summed E-state index contributed by atoms with van der Waals surface area (Å²) in [4.78, 5) is 4.18. The maximum absolute atomic E-state index is 14.5. The Labute approximate surface area is 174 Å². The molecule has 0 bridgehead atoms. The predicted octanol–water partition coefficient (Wildman–Crippen LogP) is 3.41. The zero-order valence-electron chi connectivity index (χ0n) is 15.7. The maximum Gasteiger partial charge on any atom is 0.214 e. The molecule has 1 N–H and O–H groups in total. The first-order chi connectivity index (χ1) is 13.9. The predicted molar refractivity (Wildman–Crippen MR) is 108 cm³/mol. The minimum atomic E-state index is -3.30. The van der Waals surface area contributed by atoms with E-state index in [2.05, 4.69) is 9.71 Å². The van der Waals surface area contributed by atoms with E-state index in [1.54, 1.807) is 24.3 Å². The van der Waals surface area contributed by atoms with Crippen molar-refractivity contribution in [2.24, 2.45) is 5.92 Å². The number of rotatable bonds is 7. The highest BCUT2D eigenvalue weighted by atomic mass is 35.5. The molecule has 9 heteroatoms. The summed E-state index contributed by atoms with van der Waals surface area (Å²) >= 11 is 5.83. The molecule has 0 amide bonds. The second-order valence-electron chi connectivity index (χ2n) is 7.41. The fourth-order valence-corrected chi connectivity index (χ4v) is 5.12. The quantitative estimate of drug-likeness (QED) is 0.714. The number of sulfonamides is 1. The van der Waals surface area contributed by atoms with Gasteiger partial charge < -0.3 is 9.47 Å². The van der Waals surface area contributed by atoms with Crippen LogP contribution in [0.2, 0.25) is 5.02 Å². The van der Waals surface area contributed by atoms with Gasteiger partial charge in [0.15, 0.2) is 11.6 Å². The van der Waals surface area contributed by atoms with Gasteiger partial charge in [-0.05, 0) is 49.6 Å². The van der Waals surface area contributed by atoms with Gasteiger partial charge >= 0.3 is 0 Å². The number of hydrogen-bond donors (Lipinski definition) is 1. The third kappa shape index (κ3) is 5.06. The van der Waals surface area contributed by atoms with Gasteiger partial charge in [0.1, 0.15) is 0 Å². The highest BCUT2D eigenvalue weighted by Crippen LogP contribution is 2.30. The normalized spacial score (nSPS) is 22.4. The van der Waals surface area contributed by atoms with Crippen molar-refractivity contribution < 1.29 is 22.3 Å². The lowest BCUT2D eigenvalue weighted by Crippen LogP contribution is -2.48. The van der Waals surface area contributed by atoms with Crippen LogP contribution < -0.4 is 9.46 Å². The summed E-state index contributed by atoms with van der Waals surface area (Å²) in [6.45, 7) is 1.02. The monoisotopic (exact) mass is 440 g/mol. The Bertz CT molecular complexity index is 967. The largest absolute Gasteiger partial charge is 0.490 e. The molecule has 0 unspecified atom stereocenters. The molecule has 1 aliphatic carbocycles. The van der Waals surface area contributed by atoms with Gasteiger partial charge in [-0.2, -0.15) is 0 Å². The number of nitrogens with one attached hydrogen (secondary N) is 1. The Kier molecular flexibility index (Phi) is 6.06. The van der Waals surface area contributed by atoms with E-state index >= 15 is 0 Å². The number of aromatic nitrogens is 1. The Morgan fingerprint density at radius 1 is 1.24 bits per heavy atom. The number of pyridine rings is 1. The topological polar surface area (TPSA) is 77.5 Å². The summed E-state index contributed by atoms with van der Waals surface area (Å²) < 4.78 is 53.0. The smallest absolute Gasteiger partial charge is 0.214 e. The van der Waals surface area contributed by atoms with E-state index in [0.717, 1.165) is 0 Å². The van der Waals surface area contributed by atoms with Crippen molar-refractivity contribution in [2.75, 3.05) is 19.8 Å². The highest BCUT2D eigenvalue weighted by Gasteiger charge is 2.39. The van der Waals surface area contributed by atoms with E-state index in [1.807, 2.05) is 0 Å². The first-order valence-electron chi connectivity index (χ1n) is 9.55. The Morgan fingerprint density at radius 3 is 2.76 bits per heavy atom. The SMILES string of the molecule is O=S(=O)(N[C@@H]1CCOC[C@H]1COc1ccc(-c2ccc(Cl)cn2)cc1F)C1CC1. The summed E-state index contributed by atoms with van der Waals surface area (Å²) in [5.41, 5.74) is 1.22. The van der Waals surface area contributed by atoms with E-state index in [9.17, 15) is 12.8 Å². The second-order valence-corrected chi connectivity index (χ2v) is 9.84. The van der Waals surface area contributed by atoms with Crippen molar-refractivity contribution in [2.45, 2.75) is 30.6 Å². The van der Waals surface area contributed by atoms with Crippen molar-refractivity contribution in [3.8, 4) is 17.0 Å². The van der Waals surface area contributed by atoms with Crippen LogP contribution in [0.3, 0.4) is 0 Å². The summed E-state index contributed by atoms with van der Waals surface area (Å²) in [6.07, 6.45) is 3.49. The first-order valence-corrected chi connectivity index (χ1v) is 11.5. The van der Waals surface area contributed by atoms with Crippen LogP contribution in [0.5, 0.6) is 5.75 Å². The van der Waals surface area contributed by atoms with Gasteiger partial charge in [-0.3, -0.25) is 4.98 Å². The number of benzene rings is 1. The lowest BCUT2D eigenvalue weighted by Gasteiger charge is -2.31. The van der Waals surface area contributed by atoms with Crippen LogP contribution >= 0.6 is 11.6 Å². The number of hydrogen-bond acceptors (Lipinski definition) is 5. The van der Waals surface area contributed by atoms with Gasteiger partial charge in [-0.25, -0.2) is 17.5 Å². The van der Waals surface area contributed by atoms with Crippen LogP contribution in [-0.4, -0.2) is 44.5 Å². The summed E-state index contributed by atoms with van der Waals surface area (Å²) in [5.74, 6) is -0.586. The van der Waals surface area contributed by atoms with Crippen LogP contribution in [-0.2, 0) is 14.8 Å². The molecule has 29 heavy (non-hydrogen) atoms. The van der Waals surface area contributed by atoms with Gasteiger partial charge in [-0.1, -0.05) is 11.6 Å². The molecule has 1 aromatic carbocycles. The zero-order chi connectivity index (χ0) is 20.4. The van der Waals surface area contributed by atoms with Crippen molar-refractivity contribution in [3.05, 3.63) is 47.4 Å². The molecule has 1 saturated carbocycles. The van der Waals surface area contributed by atoms with E-state index in [4.69, 9.17) is 21.1 Å². The molecule has 2 atom stereocenters. The fourth-order valence-electron chi connectivity index (χ4n) is 3.32. The molecular weight excluding hydrogens is 419 g/mol. The minimum Gasteiger partial charge on any atom is -0.490 e. The number of nitrogens with zero attached hydrogens (tertiary/aromatic N) is 1. The molecule has 0 radical (unpaired) electrons. The number of ether oxygens (including phenoxy) is 2. The Hall–Kier alpha value is -1.74. The van der Waals surface area contributed by atoms with E-state index in [-0.39, 0.29) is 29.6 Å². The summed E-state index contributed by atoms with van der Waals surface area (Å²) in [7, 11) is -3.30. The standard InChI is InChI=1S/C20H22ClFN2O4S/c21-15-2-5-18(23-10-15)13-1-6-20(17(22)9-13)28-12-14-11-27-8-7-19(14)24-29(25,26)16-3-4-16/h1-2,5-6,9-10,14,16,19,24H,3-4,7-8,11-12H2/t14-,19+/m0/s1. The summed E-state index contributed by atoms with van der Waals surface area (Å²) in [5, 5.41) is 0.231. The maximum atomic E-state index is 14.5. The van der Waals surface area contributed by atoms with Gasteiger partial charge in [0.2, 0.25) is 10.0 Å². The minimum absolute atomic E-state index is 0.108. The van der Waals surface area contributed by atoms with Gasteiger partial charge in [0, 0.05) is 30.3 Å². The molecule has 1 aliphatic heterocycles. The van der Waals surface area contributed by atoms with Crippen LogP contribution in [0, 0.1) is 11.7 Å². The lowest BCUT2D eigenvalue weighted by atomic mass is 9.98. The number of halogens is 2. The van der Waals surface area contributed by atoms with Crippen molar-refractivity contribution in [1.82, 2.24) is 9.71 Å². The average Bonchev–Trinajstić information content (AvgIpc) is 3.54. The molecular formula is C20H22ClFN2O4S. The molecule has 4 rings (SSSR count). The van der Waals surface area contributed by atoms with Gasteiger partial charge in [0.25, 0.3) is 0 Å². The second kappa shape index (κ2) is 8.55. The molecule has 2 aliphatic rings. The third-order valence-corrected chi connectivity index (χ3v) is 7.36. The molecule has 0 spiro atoms. The van der Waals surface area contributed by atoms with Gasteiger partial charge in [-0.15, -0.1) is 0 Å². The van der Waals surface area contributed by atoms with Crippen molar-refractivity contribution >= 4 is 21.6 Å². The fraction of sp³-hybridized carbons (Fsp3) is 0.450. The van der Waals surface area contributed by atoms with Crippen LogP contribution in [0.1, 0.15) is 19.3 Å². The molecule has 156 valence electrons. The van der Waals surface area contributed by atoms with Crippen LogP contribution in [0.25, 0.3) is 11.3 Å². The molecule has 2 heterocycles. The molecule has 2 aromatic rings. The van der Waals surface area contributed by atoms with E-state index < -0.39 is 15.8 Å². The van der Waals surface area contributed by atoms with Crippen LogP contribution in [0.4, 0.5) is 4.39 Å².